The number of nitrogens with zero attached hydrogens (tertiary/aromatic N) is 2. The molecule has 2 heterocycles. The maximum atomic E-state index is 5.67. The molecule has 0 bridgehead atoms. The van der Waals surface area contributed by atoms with Crippen LogP contribution in [0.1, 0.15) is 12.6 Å². The molecular formula is C11H15N3OS. The molecule has 0 saturated carbocycles. The van der Waals surface area contributed by atoms with E-state index in [-0.39, 0.29) is 6.10 Å². The highest BCUT2D eigenvalue weighted by Gasteiger charge is 2.20. The molecule has 1 atom stereocenters. The number of anilines is 1. The molecule has 0 radical (unpaired) electrons. The van der Waals surface area contributed by atoms with Gasteiger partial charge >= 0.3 is 0 Å². The van der Waals surface area contributed by atoms with Gasteiger partial charge in [0, 0.05) is 19.3 Å². The van der Waals surface area contributed by atoms with Crippen molar-refractivity contribution in [2.24, 2.45) is 5.73 Å². The smallest absolute Gasteiger partial charge is 0.124 e. The summed E-state index contributed by atoms with van der Waals surface area (Å²) in [6.07, 6.45) is 1.94. The van der Waals surface area contributed by atoms with E-state index in [4.69, 9.17) is 22.7 Å². The summed E-state index contributed by atoms with van der Waals surface area (Å²) in [4.78, 5) is 6.79. The molecular weight excluding hydrogens is 222 g/mol. The number of ether oxygens (including phenoxy) is 1. The molecule has 1 unspecified atom stereocenters. The number of hydrogen-bond donors (Lipinski definition) is 1. The maximum Gasteiger partial charge on any atom is 0.124 e. The predicted octanol–water partition coefficient (Wildman–Crippen LogP) is 0.941. The molecule has 86 valence electrons. The first-order valence-electron chi connectivity index (χ1n) is 5.30. The number of rotatable bonds is 2. The van der Waals surface area contributed by atoms with Gasteiger partial charge in [-0.25, -0.2) is 0 Å². The van der Waals surface area contributed by atoms with E-state index in [1.54, 1.807) is 6.20 Å². The lowest BCUT2D eigenvalue weighted by Gasteiger charge is -2.33. The van der Waals surface area contributed by atoms with Crippen LogP contribution in [-0.2, 0) is 4.74 Å². The van der Waals surface area contributed by atoms with Crippen LogP contribution in [0.4, 0.5) is 5.69 Å². The summed E-state index contributed by atoms with van der Waals surface area (Å²) in [5, 5.41) is 0. The Morgan fingerprint density at radius 2 is 2.50 bits per heavy atom. The third kappa shape index (κ3) is 2.31. The molecule has 1 aliphatic heterocycles. The average Bonchev–Trinajstić information content (AvgIpc) is 2.29. The molecule has 2 N–H and O–H groups in total. The van der Waals surface area contributed by atoms with E-state index in [2.05, 4.69) is 16.8 Å². The minimum absolute atomic E-state index is 0.230. The van der Waals surface area contributed by atoms with Crippen LogP contribution < -0.4 is 10.6 Å². The van der Waals surface area contributed by atoms with Gasteiger partial charge in [0.1, 0.15) is 10.7 Å². The quantitative estimate of drug-likeness (QED) is 0.776. The van der Waals surface area contributed by atoms with Gasteiger partial charge in [0.15, 0.2) is 0 Å². The number of morpholine rings is 1. The Hall–Kier alpha value is -1.20. The van der Waals surface area contributed by atoms with E-state index >= 15 is 0 Å². The zero-order valence-corrected chi connectivity index (χ0v) is 10.0. The fraction of sp³-hybridized carbons (Fsp3) is 0.455. The second kappa shape index (κ2) is 4.76. The predicted molar refractivity (Wildman–Crippen MR) is 67.8 cm³/mol. The summed E-state index contributed by atoms with van der Waals surface area (Å²) in [7, 11) is 0. The molecule has 16 heavy (non-hydrogen) atoms. The fourth-order valence-corrected chi connectivity index (χ4v) is 2.04. The molecule has 0 aliphatic carbocycles. The van der Waals surface area contributed by atoms with Crippen molar-refractivity contribution < 1.29 is 4.74 Å². The highest BCUT2D eigenvalue weighted by Crippen LogP contribution is 2.20. The van der Waals surface area contributed by atoms with Crippen LogP contribution in [0.25, 0.3) is 0 Å². The zero-order chi connectivity index (χ0) is 11.5. The highest BCUT2D eigenvalue weighted by molar-refractivity contribution is 7.80. The van der Waals surface area contributed by atoms with Gasteiger partial charge in [-0.3, -0.25) is 4.98 Å². The molecule has 1 saturated heterocycles. The summed E-state index contributed by atoms with van der Waals surface area (Å²) >= 11 is 5.01. The maximum absolute atomic E-state index is 5.67. The van der Waals surface area contributed by atoms with Crippen LogP contribution in [0.15, 0.2) is 18.3 Å². The van der Waals surface area contributed by atoms with E-state index in [0.29, 0.717) is 10.7 Å². The van der Waals surface area contributed by atoms with Crippen LogP contribution in [0, 0.1) is 0 Å². The first-order chi connectivity index (χ1) is 7.68. The van der Waals surface area contributed by atoms with E-state index in [0.717, 1.165) is 25.4 Å². The van der Waals surface area contributed by atoms with Crippen LogP contribution >= 0.6 is 12.2 Å². The van der Waals surface area contributed by atoms with Crippen molar-refractivity contribution in [3.05, 3.63) is 24.0 Å². The van der Waals surface area contributed by atoms with Crippen molar-refractivity contribution in [2.45, 2.75) is 13.0 Å². The molecule has 1 aromatic rings. The Kier molecular flexibility index (Phi) is 3.36. The number of aromatic nitrogens is 1. The molecule has 4 nitrogen and oxygen atoms in total. The van der Waals surface area contributed by atoms with Crippen molar-refractivity contribution in [1.29, 1.82) is 0 Å². The third-order valence-electron chi connectivity index (χ3n) is 2.60. The van der Waals surface area contributed by atoms with E-state index in [9.17, 15) is 0 Å². The molecule has 1 fully saturated rings. The minimum atomic E-state index is 0.230. The van der Waals surface area contributed by atoms with Gasteiger partial charge in [-0.1, -0.05) is 12.2 Å². The lowest BCUT2D eigenvalue weighted by atomic mass is 10.2. The monoisotopic (exact) mass is 237 g/mol. The standard InChI is InChI=1S/C11H15N3OS/c1-8-7-14(5-6-15-8)9-3-2-4-13-10(9)11(12)16/h2-4,8H,5-7H2,1H3,(H2,12,16). The van der Waals surface area contributed by atoms with Crippen LogP contribution in [0.2, 0.25) is 0 Å². The van der Waals surface area contributed by atoms with Gasteiger partial charge in [0.25, 0.3) is 0 Å². The number of hydrogen-bond acceptors (Lipinski definition) is 4. The number of thiocarbonyl (C=S) groups is 1. The first kappa shape index (κ1) is 11.3. The molecule has 1 aliphatic rings. The van der Waals surface area contributed by atoms with Gasteiger partial charge in [0.2, 0.25) is 0 Å². The topological polar surface area (TPSA) is 51.4 Å². The van der Waals surface area contributed by atoms with E-state index < -0.39 is 0 Å². The molecule has 2 rings (SSSR count). The summed E-state index contributed by atoms with van der Waals surface area (Å²) in [6.45, 7) is 4.49. The Morgan fingerprint density at radius 1 is 1.69 bits per heavy atom. The van der Waals surface area contributed by atoms with Gasteiger partial charge in [-0.05, 0) is 19.1 Å². The second-order valence-corrected chi connectivity index (χ2v) is 4.30. The molecule has 0 spiro atoms. The summed E-state index contributed by atoms with van der Waals surface area (Å²) < 4.78 is 5.50. The largest absolute Gasteiger partial charge is 0.388 e. The second-order valence-electron chi connectivity index (χ2n) is 3.86. The lowest BCUT2D eigenvalue weighted by Crippen LogP contribution is -2.42. The van der Waals surface area contributed by atoms with Gasteiger partial charge < -0.3 is 15.4 Å². The molecule has 0 aromatic carbocycles. The van der Waals surface area contributed by atoms with Gasteiger partial charge in [-0.2, -0.15) is 0 Å². The Balaban J connectivity index is 2.28. The lowest BCUT2D eigenvalue weighted by molar-refractivity contribution is 0.0532. The van der Waals surface area contributed by atoms with Crippen molar-refractivity contribution in [1.82, 2.24) is 4.98 Å². The Labute approximate surface area is 100 Å². The first-order valence-corrected chi connectivity index (χ1v) is 5.70. The number of pyridine rings is 1. The molecule has 5 heteroatoms. The average molecular weight is 237 g/mol. The Morgan fingerprint density at radius 3 is 3.19 bits per heavy atom. The minimum Gasteiger partial charge on any atom is -0.388 e. The third-order valence-corrected chi connectivity index (χ3v) is 2.79. The summed E-state index contributed by atoms with van der Waals surface area (Å²) in [5.74, 6) is 0. The summed E-state index contributed by atoms with van der Waals surface area (Å²) in [6, 6.07) is 3.90. The zero-order valence-electron chi connectivity index (χ0n) is 9.22. The van der Waals surface area contributed by atoms with Crippen molar-refractivity contribution in [2.75, 3.05) is 24.6 Å². The summed E-state index contributed by atoms with van der Waals surface area (Å²) in [5.41, 5.74) is 7.37. The van der Waals surface area contributed by atoms with Crippen LogP contribution in [0.3, 0.4) is 0 Å². The van der Waals surface area contributed by atoms with Crippen LogP contribution in [-0.4, -0.2) is 35.8 Å². The number of nitrogens with two attached hydrogens (primary N) is 1. The van der Waals surface area contributed by atoms with Crippen molar-refractivity contribution in [3.8, 4) is 0 Å². The highest BCUT2D eigenvalue weighted by atomic mass is 32.1. The van der Waals surface area contributed by atoms with Gasteiger partial charge in [-0.15, -0.1) is 0 Å². The van der Waals surface area contributed by atoms with Gasteiger partial charge in [0.05, 0.1) is 18.4 Å². The van der Waals surface area contributed by atoms with Crippen LogP contribution in [0.5, 0.6) is 0 Å². The van der Waals surface area contributed by atoms with Crippen molar-refractivity contribution >= 4 is 22.9 Å². The molecule has 0 amide bonds. The van der Waals surface area contributed by atoms with E-state index in [1.807, 2.05) is 12.1 Å². The Bertz CT molecular complexity index is 397. The van der Waals surface area contributed by atoms with E-state index in [1.165, 1.54) is 0 Å². The molecule has 1 aromatic heterocycles. The normalized spacial score (nSPS) is 20.8. The van der Waals surface area contributed by atoms with Crippen molar-refractivity contribution in [3.63, 3.8) is 0 Å². The fourth-order valence-electron chi connectivity index (χ4n) is 1.88. The SMILES string of the molecule is CC1CN(c2cccnc2C(N)=S)CCO1.